The number of aliphatic imine (C=N–C) groups is 1. The monoisotopic (exact) mass is 514 g/mol. The van der Waals surface area contributed by atoms with Gasteiger partial charge in [-0.25, -0.2) is 4.99 Å². The molecule has 0 aliphatic heterocycles. The van der Waals surface area contributed by atoms with E-state index in [1.165, 1.54) is 0 Å². The second-order valence-electron chi connectivity index (χ2n) is 6.64. The van der Waals surface area contributed by atoms with Gasteiger partial charge in [0.05, 0.1) is 25.9 Å². The van der Waals surface area contributed by atoms with E-state index in [0.29, 0.717) is 19.0 Å². The number of ether oxygens (including phenoxy) is 1. The maximum Gasteiger partial charge on any atom is 0.241 e. The predicted molar refractivity (Wildman–Crippen MR) is 126 cm³/mol. The van der Waals surface area contributed by atoms with Gasteiger partial charge in [-0.2, -0.15) is 5.10 Å². The van der Waals surface area contributed by atoms with Crippen molar-refractivity contribution >= 4 is 35.8 Å². The van der Waals surface area contributed by atoms with Crippen LogP contribution in [0.5, 0.6) is 5.75 Å². The van der Waals surface area contributed by atoms with Gasteiger partial charge in [-0.3, -0.25) is 9.48 Å². The smallest absolute Gasteiger partial charge is 0.241 e. The maximum atomic E-state index is 11.9. The van der Waals surface area contributed by atoms with Crippen molar-refractivity contribution in [3.05, 3.63) is 47.3 Å². The Bertz CT molecular complexity index is 802. The van der Waals surface area contributed by atoms with Crippen LogP contribution in [0.2, 0.25) is 0 Å². The summed E-state index contributed by atoms with van der Waals surface area (Å²) in [4.78, 5) is 18.1. The second-order valence-corrected chi connectivity index (χ2v) is 6.64. The highest BCUT2D eigenvalue weighted by atomic mass is 127. The number of halogens is 1. The molecule has 0 bridgehead atoms. The SMILES string of the molecule is CCc1nn(C)cc1CNC(=NCc1ccc(OC)cc1)NCC(=O)N(C)C.I. The van der Waals surface area contributed by atoms with Gasteiger partial charge in [0.2, 0.25) is 5.91 Å². The van der Waals surface area contributed by atoms with Crippen molar-refractivity contribution < 1.29 is 9.53 Å². The van der Waals surface area contributed by atoms with Crippen LogP contribution in [0, 0.1) is 0 Å². The third-order valence-corrected chi connectivity index (χ3v) is 4.26. The molecule has 1 aromatic heterocycles. The summed E-state index contributed by atoms with van der Waals surface area (Å²) in [5, 5.41) is 10.9. The second kappa shape index (κ2) is 12.3. The molecule has 0 atom stereocenters. The van der Waals surface area contributed by atoms with E-state index in [-0.39, 0.29) is 36.4 Å². The van der Waals surface area contributed by atoms with Gasteiger partial charge in [-0.1, -0.05) is 19.1 Å². The molecule has 0 fully saturated rings. The normalized spacial score (nSPS) is 10.9. The molecule has 2 aromatic rings. The summed E-state index contributed by atoms with van der Waals surface area (Å²) in [6.45, 7) is 3.33. The van der Waals surface area contributed by atoms with Gasteiger partial charge in [-0.15, -0.1) is 24.0 Å². The van der Waals surface area contributed by atoms with Gasteiger partial charge in [-0.05, 0) is 24.1 Å². The average Bonchev–Trinajstić information content (AvgIpc) is 3.07. The van der Waals surface area contributed by atoms with E-state index in [4.69, 9.17) is 4.74 Å². The van der Waals surface area contributed by atoms with Crippen LogP contribution in [0.15, 0.2) is 35.5 Å². The van der Waals surface area contributed by atoms with Gasteiger partial charge >= 0.3 is 0 Å². The van der Waals surface area contributed by atoms with Crippen molar-refractivity contribution in [3.63, 3.8) is 0 Å². The van der Waals surface area contributed by atoms with Crippen molar-refractivity contribution in [2.75, 3.05) is 27.7 Å². The lowest BCUT2D eigenvalue weighted by atomic mass is 10.2. The molecule has 0 spiro atoms. The minimum atomic E-state index is -0.0189. The van der Waals surface area contributed by atoms with E-state index in [1.54, 1.807) is 26.1 Å². The quantitative estimate of drug-likeness (QED) is 0.320. The molecular formula is C20H31IN6O2. The molecule has 2 N–H and O–H groups in total. The average molecular weight is 514 g/mol. The summed E-state index contributed by atoms with van der Waals surface area (Å²) in [5.74, 6) is 1.37. The van der Waals surface area contributed by atoms with Gasteiger partial charge in [0, 0.05) is 39.4 Å². The highest BCUT2D eigenvalue weighted by Gasteiger charge is 2.09. The van der Waals surface area contributed by atoms with Gasteiger partial charge < -0.3 is 20.3 Å². The summed E-state index contributed by atoms with van der Waals surface area (Å²) >= 11 is 0. The first-order chi connectivity index (χ1) is 13.4. The Morgan fingerprint density at radius 2 is 1.93 bits per heavy atom. The zero-order valence-corrected chi connectivity index (χ0v) is 20.1. The van der Waals surface area contributed by atoms with Crippen LogP contribution in [0.3, 0.4) is 0 Å². The molecule has 0 radical (unpaired) electrons. The van der Waals surface area contributed by atoms with E-state index >= 15 is 0 Å². The summed E-state index contributed by atoms with van der Waals surface area (Å²) in [6.07, 6.45) is 2.86. The predicted octanol–water partition coefficient (Wildman–Crippen LogP) is 1.93. The third-order valence-electron chi connectivity index (χ3n) is 4.26. The molecule has 0 aliphatic rings. The zero-order valence-electron chi connectivity index (χ0n) is 17.7. The Hall–Kier alpha value is -2.30. The van der Waals surface area contributed by atoms with Crippen LogP contribution in [0.4, 0.5) is 0 Å². The number of benzene rings is 1. The first kappa shape index (κ1) is 24.7. The fraction of sp³-hybridized carbons (Fsp3) is 0.450. The lowest BCUT2D eigenvalue weighted by molar-refractivity contribution is -0.127. The van der Waals surface area contributed by atoms with Crippen molar-refractivity contribution in [1.29, 1.82) is 0 Å². The van der Waals surface area contributed by atoms with Crippen molar-refractivity contribution in [2.24, 2.45) is 12.0 Å². The minimum absolute atomic E-state index is 0. The molecule has 1 amide bonds. The molecule has 160 valence electrons. The molecule has 1 aromatic carbocycles. The molecule has 29 heavy (non-hydrogen) atoms. The number of guanidine groups is 1. The van der Waals surface area contributed by atoms with Crippen LogP contribution in [-0.4, -0.2) is 54.3 Å². The number of methoxy groups -OCH3 is 1. The van der Waals surface area contributed by atoms with Crippen LogP contribution >= 0.6 is 24.0 Å². The van der Waals surface area contributed by atoms with E-state index < -0.39 is 0 Å². The molecule has 1 heterocycles. The number of hydrogen-bond donors (Lipinski definition) is 2. The topological polar surface area (TPSA) is 83.8 Å². The minimum Gasteiger partial charge on any atom is -0.497 e. The molecule has 0 unspecified atom stereocenters. The zero-order chi connectivity index (χ0) is 20.5. The summed E-state index contributed by atoms with van der Waals surface area (Å²) < 4.78 is 7.00. The largest absolute Gasteiger partial charge is 0.497 e. The molecule has 0 saturated heterocycles. The van der Waals surface area contributed by atoms with Crippen molar-refractivity contribution in [3.8, 4) is 5.75 Å². The number of likely N-dealkylation sites (N-methyl/N-ethyl adjacent to an activating group) is 1. The number of carbonyl (C=O) groups excluding carboxylic acids is 1. The van der Waals surface area contributed by atoms with Gasteiger partial charge in [0.1, 0.15) is 5.75 Å². The highest BCUT2D eigenvalue weighted by Crippen LogP contribution is 2.12. The number of rotatable bonds is 8. The highest BCUT2D eigenvalue weighted by molar-refractivity contribution is 14.0. The molecule has 0 saturated carbocycles. The molecule has 2 rings (SSSR count). The number of hydrogen-bond acceptors (Lipinski definition) is 4. The molecule has 0 aliphatic carbocycles. The van der Waals surface area contributed by atoms with E-state index in [9.17, 15) is 4.79 Å². The summed E-state index contributed by atoms with van der Waals surface area (Å²) in [6, 6.07) is 7.76. The fourth-order valence-electron chi connectivity index (χ4n) is 2.60. The standard InChI is InChI=1S/C20H30N6O2.HI/c1-6-18-16(14-26(4)24-18)12-22-20(23-13-19(27)25(2)3)21-11-15-7-9-17(28-5)10-8-15;/h7-10,14H,6,11-13H2,1-5H3,(H2,21,22,23);1H. The van der Waals surface area contributed by atoms with Crippen LogP contribution in [-0.2, 0) is 31.4 Å². The number of nitrogens with one attached hydrogen (secondary N) is 2. The number of aromatic nitrogens is 2. The molecular weight excluding hydrogens is 483 g/mol. The molecule has 8 nitrogen and oxygen atoms in total. The van der Waals surface area contributed by atoms with E-state index in [2.05, 4.69) is 27.6 Å². The number of amides is 1. The molecule has 9 heteroatoms. The number of aryl methyl sites for hydroxylation is 2. The lowest BCUT2D eigenvalue weighted by Gasteiger charge is -2.15. The van der Waals surface area contributed by atoms with E-state index in [1.807, 2.05) is 42.2 Å². The van der Waals surface area contributed by atoms with Crippen LogP contribution in [0.1, 0.15) is 23.7 Å². The Morgan fingerprint density at radius 1 is 1.24 bits per heavy atom. The third kappa shape index (κ3) is 7.92. The van der Waals surface area contributed by atoms with Gasteiger partial charge in [0.15, 0.2) is 5.96 Å². The van der Waals surface area contributed by atoms with Crippen LogP contribution in [0.25, 0.3) is 0 Å². The van der Waals surface area contributed by atoms with Crippen molar-refractivity contribution in [2.45, 2.75) is 26.4 Å². The Morgan fingerprint density at radius 3 is 2.52 bits per heavy atom. The fourth-order valence-corrected chi connectivity index (χ4v) is 2.60. The van der Waals surface area contributed by atoms with Crippen LogP contribution < -0.4 is 15.4 Å². The number of carbonyl (C=O) groups is 1. The summed E-state index contributed by atoms with van der Waals surface area (Å²) in [5.41, 5.74) is 3.22. The lowest BCUT2D eigenvalue weighted by Crippen LogP contribution is -2.42. The summed E-state index contributed by atoms with van der Waals surface area (Å²) in [7, 11) is 7.02. The maximum absolute atomic E-state index is 11.9. The Labute approximate surface area is 189 Å². The first-order valence-electron chi connectivity index (χ1n) is 9.29. The first-order valence-corrected chi connectivity index (χ1v) is 9.29. The van der Waals surface area contributed by atoms with Gasteiger partial charge in [0.25, 0.3) is 0 Å². The Kier molecular flexibility index (Phi) is 10.5. The van der Waals surface area contributed by atoms with Crippen molar-refractivity contribution in [1.82, 2.24) is 25.3 Å². The Balaban J connectivity index is 0.00000420. The van der Waals surface area contributed by atoms with E-state index in [0.717, 1.165) is 29.0 Å². The number of nitrogens with zero attached hydrogens (tertiary/aromatic N) is 4.